The van der Waals surface area contributed by atoms with Crippen molar-refractivity contribution in [1.82, 2.24) is 10.0 Å². The first kappa shape index (κ1) is 32.0. The van der Waals surface area contributed by atoms with Crippen molar-refractivity contribution in [3.63, 3.8) is 0 Å². The second-order valence-corrected chi connectivity index (χ2v) is 11.5. The van der Waals surface area contributed by atoms with Crippen molar-refractivity contribution in [2.75, 3.05) is 6.61 Å². The van der Waals surface area contributed by atoms with Gasteiger partial charge in [-0.25, -0.2) is 26.7 Å². The lowest BCUT2D eigenvalue weighted by atomic mass is 10.1. The summed E-state index contributed by atoms with van der Waals surface area (Å²) in [6.07, 6.45) is -0.927. The van der Waals surface area contributed by atoms with E-state index in [1.54, 1.807) is 0 Å². The number of thiophene rings is 1. The van der Waals surface area contributed by atoms with E-state index in [0.29, 0.717) is 6.07 Å². The fourth-order valence-corrected chi connectivity index (χ4v) is 5.39. The topological polar surface area (TPSA) is 196 Å². The van der Waals surface area contributed by atoms with Crippen LogP contribution in [0.1, 0.15) is 36.9 Å². The van der Waals surface area contributed by atoms with Crippen molar-refractivity contribution in [3.8, 4) is 11.5 Å². The zero-order valence-electron chi connectivity index (χ0n) is 21.3. The quantitative estimate of drug-likeness (QED) is 0.175. The Balaban J connectivity index is 1.68. The summed E-state index contributed by atoms with van der Waals surface area (Å²) in [6.45, 7) is -0.324. The molecular weight excluding hydrogens is 609 g/mol. The Morgan fingerprint density at radius 3 is 2.36 bits per heavy atom. The monoisotopic (exact) mass is 630 g/mol. The number of sulfonamides is 1. The summed E-state index contributed by atoms with van der Waals surface area (Å²) in [5.41, 5.74) is -0.944. The molecule has 0 bridgehead atoms. The zero-order chi connectivity index (χ0) is 31.4. The molecule has 5 N–H and O–H groups in total. The first-order valence-electron chi connectivity index (χ1n) is 11.6. The second kappa shape index (κ2) is 13.0. The molecule has 2 aromatic carbocycles. The van der Waals surface area contributed by atoms with Gasteiger partial charge in [0.1, 0.15) is 24.0 Å². The number of aryl methyl sites for hydroxylation is 1. The van der Waals surface area contributed by atoms with Crippen LogP contribution < -0.4 is 14.8 Å². The summed E-state index contributed by atoms with van der Waals surface area (Å²) in [7, 11) is -4.25. The molecule has 1 heterocycles. The number of carbonyl (C=O) groups is 4. The Morgan fingerprint density at radius 2 is 1.71 bits per heavy atom. The summed E-state index contributed by atoms with van der Waals surface area (Å²) < 4.78 is 73.8. The molecular formula is C25H21F3N2O10S2. The van der Waals surface area contributed by atoms with Crippen LogP contribution in [0.5, 0.6) is 11.5 Å². The number of ether oxygens (including phenoxy) is 1. The SMILES string of the molecule is Cc1cc(F)c(F)c(OCC(=O)[C@H](CC(=O)O)NC(=O)c2ccc(CNS(=O)(=O)c3ccc(O)c(C(=O)O)c3)s2)c1F. The lowest BCUT2D eigenvalue weighted by Crippen LogP contribution is -2.44. The first-order chi connectivity index (χ1) is 19.6. The molecule has 0 spiro atoms. The first-order valence-corrected chi connectivity index (χ1v) is 13.9. The zero-order valence-corrected chi connectivity index (χ0v) is 22.9. The molecule has 0 radical (unpaired) electrons. The van der Waals surface area contributed by atoms with E-state index < -0.39 is 92.1 Å². The van der Waals surface area contributed by atoms with E-state index in [9.17, 15) is 45.9 Å². The van der Waals surface area contributed by atoms with Crippen molar-refractivity contribution >= 4 is 45.0 Å². The summed E-state index contributed by atoms with van der Waals surface area (Å²) in [5, 5.41) is 30.0. The standard InChI is InChI=1S/C25H21F3N2O10S2/c1-11-6-15(26)22(28)23(21(11)27)40-10-18(32)16(8-20(33)34)30-24(35)19-5-2-12(41-19)9-29-42(38,39)13-3-4-17(31)14(7-13)25(36)37/h2-7,16,29,31H,8-10H2,1H3,(H,30,35)(H,33,34)(H,36,37)/t16-/m0/s1. The maximum atomic E-state index is 14.2. The maximum Gasteiger partial charge on any atom is 0.339 e. The molecule has 0 saturated heterocycles. The smallest absolute Gasteiger partial charge is 0.339 e. The second-order valence-electron chi connectivity index (χ2n) is 8.59. The third-order valence-corrected chi connectivity index (χ3v) is 8.04. The molecule has 0 aliphatic heterocycles. The largest absolute Gasteiger partial charge is 0.507 e. The van der Waals surface area contributed by atoms with E-state index in [2.05, 4.69) is 10.0 Å². The number of aromatic hydroxyl groups is 1. The van der Waals surface area contributed by atoms with Crippen LogP contribution in [-0.2, 0) is 26.2 Å². The minimum Gasteiger partial charge on any atom is -0.507 e. The highest BCUT2D eigenvalue weighted by Gasteiger charge is 2.27. The van der Waals surface area contributed by atoms with Gasteiger partial charge in [0.2, 0.25) is 15.8 Å². The van der Waals surface area contributed by atoms with Gasteiger partial charge in [0.05, 0.1) is 16.2 Å². The van der Waals surface area contributed by atoms with Crippen LogP contribution in [0.2, 0.25) is 0 Å². The van der Waals surface area contributed by atoms with Gasteiger partial charge in [0.15, 0.2) is 23.2 Å². The number of aromatic carboxylic acids is 1. The van der Waals surface area contributed by atoms with Gasteiger partial charge in [0.25, 0.3) is 5.91 Å². The number of nitrogens with one attached hydrogen (secondary N) is 2. The lowest BCUT2D eigenvalue weighted by Gasteiger charge is -2.16. The van der Waals surface area contributed by atoms with E-state index >= 15 is 0 Å². The lowest BCUT2D eigenvalue weighted by molar-refractivity contribution is -0.139. The number of amides is 1. The summed E-state index contributed by atoms with van der Waals surface area (Å²) in [4.78, 5) is 47.5. The van der Waals surface area contributed by atoms with Crippen molar-refractivity contribution in [2.45, 2.75) is 30.8 Å². The molecule has 0 aliphatic rings. The normalized spacial score (nSPS) is 12.0. The number of rotatable bonds is 13. The number of carboxylic acids is 2. The fraction of sp³-hybridized carbons (Fsp3) is 0.200. The number of Topliss-reactive ketones (excluding diaryl/α,β-unsaturated/α-hetero) is 1. The summed E-state index contributed by atoms with van der Waals surface area (Å²) in [6, 6.07) is 4.13. The molecule has 1 aromatic heterocycles. The number of hydrogen-bond acceptors (Lipinski definition) is 9. The Morgan fingerprint density at radius 1 is 1.02 bits per heavy atom. The van der Waals surface area contributed by atoms with Gasteiger partial charge in [0, 0.05) is 11.4 Å². The Kier molecular flexibility index (Phi) is 9.92. The number of ketones is 1. The highest BCUT2D eigenvalue weighted by Crippen LogP contribution is 2.27. The summed E-state index contributed by atoms with van der Waals surface area (Å²) >= 11 is 0.773. The van der Waals surface area contributed by atoms with E-state index in [1.165, 1.54) is 12.1 Å². The highest BCUT2D eigenvalue weighted by molar-refractivity contribution is 7.89. The van der Waals surface area contributed by atoms with Crippen LogP contribution in [0.4, 0.5) is 13.2 Å². The van der Waals surface area contributed by atoms with E-state index in [0.717, 1.165) is 36.5 Å². The van der Waals surface area contributed by atoms with Crippen LogP contribution in [-0.4, -0.2) is 60.0 Å². The van der Waals surface area contributed by atoms with Crippen LogP contribution in [0.3, 0.4) is 0 Å². The van der Waals surface area contributed by atoms with E-state index in [4.69, 9.17) is 14.9 Å². The Labute approximate surface area is 239 Å². The number of hydrogen-bond donors (Lipinski definition) is 5. The van der Waals surface area contributed by atoms with Crippen molar-refractivity contribution < 1.29 is 60.8 Å². The van der Waals surface area contributed by atoms with Crippen molar-refractivity contribution in [3.05, 3.63) is 74.7 Å². The summed E-state index contributed by atoms with van der Waals surface area (Å²) in [5.74, 6) is -11.3. The third-order valence-electron chi connectivity index (χ3n) is 5.56. The average Bonchev–Trinajstić information content (AvgIpc) is 3.39. The third kappa shape index (κ3) is 7.62. The van der Waals surface area contributed by atoms with Gasteiger partial charge < -0.3 is 25.4 Å². The Hall–Kier alpha value is -4.48. The predicted octanol–water partition coefficient (Wildman–Crippen LogP) is 2.58. The van der Waals surface area contributed by atoms with Gasteiger partial charge in [-0.05, 0) is 48.9 Å². The fourth-order valence-electron chi connectivity index (χ4n) is 3.42. The molecule has 224 valence electrons. The van der Waals surface area contributed by atoms with Crippen LogP contribution in [0, 0.1) is 24.4 Å². The maximum absolute atomic E-state index is 14.2. The van der Waals surface area contributed by atoms with E-state index in [-0.39, 0.29) is 21.9 Å². The molecule has 0 saturated carbocycles. The highest BCUT2D eigenvalue weighted by atomic mass is 32.2. The van der Waals surface area contributed by atoms with E-state index in [1.807, 2.05) is 0 Å². The number of halogens is 3. The van der Waals surface area contributed by atoms with Crippen molar-refractivity contribution in [2.24, 2.45) is 0 Å². The van der Waals surface area contributed by atoms with Gasteiger partial charge in [-0.1, -0.05) is 0 Å². The number of carbonyl (C=O) groups excluding carboxylic acids is 2. The molecule has 17 heteroatoms. The molecule has 0 fully saturated rings. The molecule has 42 heavy (non-hydrogen) atoms. The predicted molar refractivity (Wildman–Crippen MR) is 138 cm³/mol. The minimum atomic E-state index is -4.25. The molecule has 1 atom stereocenters. The molecule has 0 unspecified atom stereocenters. The molecule has 3 aromatic rings. The minimum absolute atomic E-state index is 0.0658. The van der Waals surface area contributed by atoms with Crippen LogP contribution in [0.25, 0.3) is 0 Å². The van der Waals surface area contributed by atoms with Crippen molar-refractivity contribution in [1.29, 1.82) is 0 Å². The molecule has 1 amide bonds. The molecule has 3 rings (SSSR count). The number of carboxylic acid groups (broad SMARTS) is 2. The number of benzene rings is 2. The van der Waals surface area contributed by atoms with Gasteiger partial charge in [-0.2, -0.15) is 4.39 Å². The average molecular weight is 631 g/mol. The van der Waals surface area contributed by atoms with Crippen LogP contribution >= 0.6 is 11.3 Å². The molecule has 12 nitrogen and oxygen atoms in total. The Bertz CT molecular complexity index is 1650. The van der Waals surface area contributed by atoms with Crippen LogP contribution in [0.15, 0.2) is 41.3 Å². The number of aliphatic carboxylic acids is 1. The molecule has 0 aliphatic carbocycles. The van der Waals surface area contributed by atoms with Gasteiger partial charge >= 0.3 is 11.9 Å². The number of phenols is 1. The van der Waals surface area contributed by atoms with Gasteiger partial charge in [-0.3, -0.25) is 14.4 Å². The van der Waals surface area contributed by atoms with Gasteiger partial charge in [-0.15, -0.1) is 11.3 Å².